The van der Waals surface area contributed by atoms with Gasteiger partial charge in [0.1, 0.15) is 6.04 Å². The molecule has 3 heteroatoms. The molecule has 0 saturated heterocycles. The van der Waals surface area contributed by atoms with E-state index in [1.807, 2.05) is 0 Å². The van der Waals surface area contributed by atoms with Crippen molar-refractivity contribution in [1.82, 2.24) is 5.32 Å². The van der Waals surface area contributed by atoms with Gasteiger partial charge in [-0.1, -0.05) is 13.8 Å². The molecule has 0 aromatic heterocycles. The molecule has 1 N–H and O–H groups in total. The molecule has 0 bridgehead atoms. The monoisotopic (exact) mass is 227 g/mol. The molecule has 0 amide bonds. The lowest BCUT2D eigenvalue weighted by atomic mass is 10.0. The molecular weight excluding hydrogens is 202 g/mol. The van der Waals surface area contributed by atoms with Crippen LogP contribution in [0.5, 0.6) is 0 Å². The molecule has 0 aromatic rings. The van der Waals surface area contributed by atoms with Crippen LogP contribution in [0.15, 0.2) is 0 Å². The summed E-state index contributed by atoms with van der Waals surface area (Å²) >= 11 is 0. The highest BCUT2D eigenvalue weighted by Crippen LogP contribution is 2.33. The van der Waals surface area contributed by atoms with Crippen molar-refractivity contribution in [2.75, 3.05) is 7.11 Å². The molecule has 0 spiro atoms. The third-order valence-electron chi connectivity index (χ3n) is 3.19. The summed E-state index contributed by atoms with van der Waals surface area (Å²) in [5, 5.41) is 3.41. The number of nitrogens with one attached hydrogen (secondary N) is 1. The van der Waals surface area contributed by atoms with Crippen molar-refractivity contribution in [3.8, 4) is 0 Å². The molecule has 0 heterocycles. The van der Waals surface area contributed by atoms with Gasteiger partial charge in [0, 0.05) is 6.04 Å². The molecule has 2 unspecified atom stereocenters. The number of esters is 1. The normalized spacial score (nSPS) is 19.6. The van der Waals surface area contributed by atoms with E-state index in [1.165, 1.54) is 13.5 Å². The van der Waals surface area contributed by atoms with Gasteiger partial charge in [-0.05, 0) is 44.4 Å². The molecule has 0 radical (unpaired) electrons. The van der Waals surface area contributed by atoms with Gasteiger partial charge in [0.25, 0.3) is 0 Å². The molecule has 2 atom stereocenters. The van der Waals surface area contributed by atoms with Crippen molar-refractivity contribution >= 4 is 5.97 Å². The number of carbonyl (C=O) groups excluding carboxylic acids is 1. The number of ether oxygens (including phenoxy) is 1. The van der Waals surface area contributed by atoms with E-state index in [-0.39, 0.29) is 12.0 Å². The number of rotatable bonds is 7. The fraction of sp³-hybridized carbons (Fsp3) is 0.923. The minimum absolute atomic E-state index is 0.0767. The number of methoxy groups -OCH3 is 1. The summed E-state index contributed by atoms with van der Waals surface area (Å²) < 4.78 is 4.84. The van der Waals surface area contributed by atoms with Crippen molar-refractivity contribution in [1.29, 1.82) is 0 Å². The minimum atomic E-state index is -0.0982. The molecule has 1 aliphatic rings. The SMILES string of the molecule is COC(=O)C(NC(C)CCC(C)C)C1CC1. The second-order valence-corrected chi connectivity index (χ2v) is 5.38. The standard InChI is InChI=1S/C13H25NO2/c1-9(2)5-6-10(3)14-12(11-7-8-11)13(15)16-4/h9-12,14H,5-8H2,1-4H3. The lowest BCUT2D eigenvalue weighted by Crippen LogP contribution is -2.44. The van der Waals surface area contributed by atoms with Crippen LogP contribution >= 0.6 is 0 Å². The van der Waals surface area contributed by atoms with Gasteiger partial charge in [-0.3, -0.25) is 4.79 Å². The van der Waals surface area contributed by atoms with Crippen molar-refractivity contribution in [2.24, 2.45) is 11.8 Å². The van der Waals surface area contributed by atoms with Crippen molar-refractivity contribution in [3.63, 3.8) is 0 Å². The van der Waals surface area contributed by atoms with Crippen LogP contribution < -0.4 is 5.32 Å². The van der Waals surface area contributed by atoms with Crippen LogP contribution in [0.4, 0.5) is 0 Å². The summed E-state index contributed by atoms with van der Waals surface area (Å²) in [7, 11) is 1.47. The predicted molar refractivity (Wildman–Crippen MR) is 65.2 cm³/mol. The van der Waals surface area contributed by atoms with E-state index in [2.05, 4.69) is 26.1 Å². The van der Waals surface area contributed by atoms with Gasteiger partial charge in [-0.2, -0.15) is 0 Å². The Bertz CT molecular complexity index is 224. The molecule has 0 aromatic carbocycles. The molecule has 1 fully saturated rings. The van der Waals surface area contributed by atoms with E-state index in [1.54, 1.807) is 0 Å². The Morgan fingerprint density at radius 3 is 2.38 bits per heavy atom. The summed E-state index contributed by atoms with van der Waals surface area (Å²) in [6, 6.07) is 0.319. The largest absolute Gasteiger partial charge is 0.468 e. The molecule has 94 valence electrons. The Hall–Kier alpha value is -0.570. The van der Waals surface area contributed by atoms with E-state index in [4.69, 9.17) is 4.74 Å². The first-order chi connectivity index (χ1) is 7.54. The average molecular weight is 227 g/mol. The quantitative estimate of drug-likeness (QED) is 0.678. The van der Waals surface area contributed by atoms with Gasteiger partial charge in [0.15, 0.2) is 0 Å². The first-order valence-electron chi connectivity index (χ1n) is 6.38. The van der Waals surface area contributed by atoms with Gasteiger partial charge < -0.3 is 10.1 Å². The lowest BCUT2D eigenvalue weighted by molar-refractivity contribution is -0.144. The van der Waals surface area contributed by atoms with Gasteiger partial charge in [0.05, 0.1) is 7.11 Å². The molecule has 1 saturated carbocycles. The lowest BCUT2D eigenvalue weighted by Gasteiger charge is -2.21. The molecule has 1 rings (SSSR count). The van der Waals surface area contributed by atoms with E-state index in [0.29, 0.717) is 12.0 Å². The van der Waals surface area contributed by atoms with Crippen molar-refractivity contribution in [3.05, 3.63) is 0 Å². The second kappa shape index (κ2) is 6.24. The summed E-state index contributed by atoms with van der Waals surface area (Å²) in [5.41, 5.74) is 0. The number of hydrogen-bond donors (Lipinski definition) is 1. The topological polar surface area (TPSA) is 38.3 Å². The van der Waals surface area contributed by atoms with Crippen LogP contribution in [-0.2, 0) is 9.53 Å². The number of hydrogen-bond acceptors (Lipinski definition) is 3. The van der Waals surface area contributed by atoms with Crippen LogP contribution in [0.3, 0.4) is 0 Å². The summed E-state index contributed by atoms with van der Waals surface area (Å²) in [5.74, 6) is 1.13. The van der Waals surface area contributed by atoms with Gasteiger partial charge >= 0.3 is 5.97 Å². The van der Waals surface area contributed by atoms with E-state index in [0.717, 1.165) is 25.2 Å². The van der Waals surface area contributed by atoms with Crippen molar-refractivity contribution < 1.29 is 9.53 Å². The number of carbonyl (C=O) groups is 1. The maximum atomic E-state index is 11.6. The highest BCUT2D eigenvalue weighted by molar-refractivity contribution is 5.76. The fourth-order valence-corrected chi connectivity index (χ4v) is 1.93. The van der Waals surface area contributed by atoms with Crippen molar-refractivity contribution in [2.45, 2.75) is 58.5 Å². The zero-order chi connectivity index (χ0) is 12.1. The smallest absolute Gasteiger partial charge is 0.323 e. The third kappa shape index (κ3) is 4.52. The molecule has 16 heavy (non-hydrogen) atoms. The molecule has 3 nitrogen and oxygen atoms in total. The van der Waals surface area contributed by atoms with Crippen LogP contribution in [0.1, 0.15) is 46.5 Å². The Kier molecular flexibility index (Phi) is 5.26. The fourth-order valence-electron chi connectivity index (χ4n) is 1.93. The first-order valence-corrected chi connectivity index (χ1v) is 6.38. The highest BCUT2D eigenvalue weighted by Gasteiger charge is 2.37. The Morgan fingerprint density at radius 2 is 1.94 bits per heavy atom. The maximum absolute atomic E-state index is 11.6. The van der Waals surface area contributed by atoms with E-state index >= 15 is 0 Å². The van der Waals surface area contributed by atoms with Crippen LogP contribution in [0.2, 0.25) is 0 Å². The molecule has 0 aliphatic heterocycles. The third-order valence-corrected chi connectivity index (χ3v) is 3.19. The highest BCUT2D eigenvalue weighted by atomic mass is 16.5. The summed E-state index contributed by atoms with van der Waals surface area (Å²) in [6.45, 7) is 6.61. The van der Waals surface area contributed by atoms with E-state index in [9.17, 15) is 4.79 Å². The second-order valence-electron chi connectivity index (χ2n) is 5.38. The van der Waals surface area contributed by atoms with Crippen LogP contribution in [0.25, 0.3) is 0 Å². The Balaban J connectivity index is 2.33. The van der Waals surface area contributed by atoms with Gasteiger partial charge in [0.2, 0.25) is 0 Å². The van der Waals surface area contributed by atoms with Crippen LogP contribution in [-0.4, -0.2) is 25.2 Å². The summed E-state index contributed by atoms with van der Waals surface area (Å²) in [6.07, 6.45) is 4.64. The molecule has 1 aliphatic carbocycles. The molecular formula is C13H25NO2. The van der Waals surface area contributed by atoms with Gasteiger partial charge in [-0.25, -0.2) is 0 Å². The first kappa shape index (κ1) is 13.5. The Labute approximate surface area is 98.9 Å². The maximum Gasteiger partial charge on any atom is 0.323 e. The minimum Gasteiger partial charge on any atom is -0.468 e. The summed E-state index contributed by atoms with van der Waals surface area (Å²) in [4.78, 5) is 11.6. The zero-order valence-corrected chi connectivity index (χ0v) is 11.0. The zero-order valence-electron chi connectivity index (χ0n) is 11.0. The van der Waals surface area contributed by atoms with Crippen LogP contribution in [0, 0.1) is 11.8 Å². The Morgan fingerprint density at radius 1 is 1.31 bits per heavy atom. The van der Waals surface area contributed by atoms with Gasteiger partial charge in [-0.15, -0.1) is 0 Å². The average Bonchev–Trinajstić information content (AvgIpc) is 3.05. The van der Waals surface area contributed by atoms with E-state index < -0.39 is 0 Å². The predicted octanol–water partition coefficient (Wildman–Crippen LogP) is 2.35.